The van der Waals surface area contributed by atoms with Crippen LogP contribution in [-0.4, -0.2) is 17.5 Å². The number of Topliss-reactive ketones (excluding diaryl/α,β-unsaturated/α-hetero) is 1. The van der Waals surface area contributed by atoms with Crippen LogP contribution in [0.15, 0.2) is 71.9 Å². The van der Waals surface area contributed by atoms with E-state index in [0.717, 1.165) is 27.8 Å². The summed E-state index contributed by atoms with van der Waals surface area (Å²) >= 11 is 0. The minimum atomic E-state index is -0.620. The first-order valence-corrected chi connectivity index (χ1v) is 11.8. The molecule has 0 heterocycles. The topological polar surface area (TPSA) is 103 Å². The number of benzene rings is 3. The van der Waals surface area contributed by atoms with Gasteiger partial charge in [-0.25, -0.2) is 4.79 Å². The van der Waals surface area contributed by atoms with Gasteiger partial charge in [0.15, 0.2) is 5.71 Å². The van der Waals surface area contributed by atoms with Gasteiger partial charge in [0.1, 0.15) is 0 Å². The summed E-state index contributed by atoms with van der Waals surface area (Å²) in [6.45, 7) is 3.09. The number of carbonyl (C=O) groups is 2. The molecule has 36 heavy (non-hydrogen) atoms. The minimum absolute atomic E-state index is 0.0402. The van der Waals surface area contributed by atoms with E-state index in [1.165, 1.54) is 6.92 Å². The fraction of sp³-hybridized carbons (Fsp3) is 0.233. The molecule has 0 atom stereocenters. The number of oxime groups is 1. The second-order valence-corrected chi connectivity index (χ2v) is 8.87. The highest BCUT2D eigenvalue weighted by molar-refractivity contribution is 6.51. The smallest absolute Gasteiger partial charge is 0.318 e. The highest BCUT2D eigenvalue weighted by Crippen LogP contribution is 2.53. The highest BCUT2D eigenvalue weighted by Gasteiger charge is 2.42. The van der Waals surface area contributed by atoms with E-state index >= 15 is 0 Å². The molecule has 0 bridgehead atoms. The van der Waals surface area contributed by atoms with Gasteiger partial charge in [-0.15, -0.1) is 0 Å². The van der Waals surface area contributed by atoms with E-state index in [0.29, 0.717) is 36.8 Å². The fourth-order valence-corrected chi connectivity index (χ4v) is 5.10. The van der Waals surface area contributed by atoms with Crippen LogP contribution >= 0.6 is 0 Å². The van der Waals surface area contributed by atoms with Gasteiger partial charge in [-0.1, -0.05) is 65.8 Å². The Kier molecular flexibility index (Phi) is 7.08. The summed E-state index contributed by atoms with van der Waals surface area (Å²) in [7, 11) is 0. The average Bonchev–Trinajstić information content (AvgIpc) is 3.16. The van der Waals surface area contributed by atoms with Crippen LogP contribution in [0.4, 0.5) is 0 Å². The van der Waals surface area contributed by atoms with Gasteiger partial charge in [-0.2, -0.15) is 10.5 Å². The first kappa shape index (κ1) is 24.6. The zero-order valence-electron chi connectivity index (χ0n) is 20.2. The zero-order valence-corrected chi connectivity index (χ0v) is 20.2. The average molecular weight is 476 g/mol. The summed E-state index contributed by atoms with van der Waals surface area (Å²) in [5, 5.41) is 22.7. The third kappa shape index (κ3) is 4.42. The summed E-state index contributed by atoms with van der Waals surface area (Å²) in [6.07, 6.45) is 1.72. The molecule has 4 rings (SSSR count). The molecule has 0 amide bonds. The Morgan fingerprint density at radius 1 is 0.889 bits per heavy atom. The molecule has 0 aliphatic heterocycles. The largest absolute Gasteiger partial charge is 0.332 e. The summed E-state index contributed by atoms with van der Waals surface area (Å²) in [4.78, 5) is 30.2. The lowest BCUT2D eigenvalue weighted by molar-refractivity contribution is -0.140. The van der Waals surface area contributed by atoms with Crippen molar-refractivity contribution >= 4 is 17.5 Å². The predicted octanol–water partition coefficient (Wildman–Crippen LogP) is 6.02. The Balaban J connectivity index is 1.88. The molecule has 1 aliphatic carbocycles. The molecular formula is C30H25N3O3. The quantitative estimate of drug-likeness (QED) is 0.171. The number of ketones is 1. The van der Waals surface area contributed by atoms with Gasteiger partial charge in [-0.3, -0.25) is 4.79 Å². The lowest BCUT2D eigenvalue weighted by Crippen LogP contribution is -2.26. The number of carbonyl (C=O) groups excluding carboxylic acids is 2. The normalized spacial score (nSPS) is 13.2. The lowest BCUT2D eigenvalue weighted by Gasteiger charge is -2.31. The molecule has 0 spiro atoms. The summed E-state index contributed by atoms with van der Waals surface area (Å²) in [5.74, 6) is -0.996. The van der Waals surface area contributed by atoms with E-state index in [2.05, 4.69) is 17.3 Å². The second kappa shape index (κ2) is 10.4. The molecule has 0 saturated heterocycles. The number of hydrogen-bond acceptors (Lipinski definition) is 6. The molecule has 0 fully saturated rings. The molecule has 6 nitrogen and oxygen atoms in total. The van der Waals surface area contributed by atoms with E-state index < -0.39 is 11.4 Å². The number of aryl methyl sites for hydroxylation is 1. The molecule has 3 aromatic rings. The lowest BCUT2D eigenvalue weighted by atomic mass is 9.71. The molecule has 6 heteroatoms. The standard InChI is InChI=1S/C30H25N3O3/c1-20-9-3-4-10-23(20)28(33-36-21(2)34)29(35)22-13-14-25-24-11-5-6-12-26(24)30(15-7-17-31,16-8-18-32)27(25)19-22/h3-6,9-14,19H,7-8,15-16H2,1-2H3/b33-28+. The molecule has 3 aromatic carbocycles. The SMILES string of the molecule is CC(=O)O/N=C(/C(=O)c1ccc2c(c1)C(CCC#N)(CCC#N)c1ccccc1-2)c1ccccc1C. The molecule has 0 N–H and O–H groups in total. The maximum Gasteiger partial charge on any atom is 0.332 e. The number of fused-ring (bicyclic) bond motifs is 3. The van der Waals surface area contributed by atoms with Crippen molar-refractivity contribution in [1.82, 2.24) is 0 Å². The summed E-state index contributed by atoms with van der Waals surface area (Å²) in [6, 6.07) is 25.3. The zero-order chi connectivity index (χ0) is 25.7. The van der Waals surface area contributed by atoms with Crippen LogP contribution in [-0.2, 0) is 15.0 Å². The minimum Gasteiger partial charge on any atom is -0.318 e. The maximum absolute atomic E-state index is 13.8. The predicted molar refractivity (Wildman–Crippen MR) is 136 cm³/mol. The van der Waals surface area contributed by atoms with Crippen LogP contribution in [0.25, 0.3) is 11.1 Å². The maximum atomic E-state index is 13.8. The van der Waals surface area contributed by atoms with E-state index in [4.69, 9.17) is 4.84 Å². The molecule has 178 valence electrons. The van der Waals surface area contributed by atoms with E-state index in [1.807, 2.05) is 55.5 Å². The Hall–Kier alpha value is -4.55. The van der Waals surface area contributed by atoms with Crippen LogP contribution in [0.5, 0.6) is 0 Å². The monoisotopic (exact) mass is 475 g/mol. The Bertz CT molecular complexity index is 1440. The van der Waals surface area contributed by atoms with Gasteiger partial charge in [-0.05, 0) is 53.6 Å². The van der Waals surface area contributed by atoms with Gasteiger partial charge in [0.25, 0.3) is 0 Å². The second-order valence-electron chi connectivity index (χ2n) is 8.87. The molecule has 0 unspecified atom stereocenters. The van der Waals surface area contributed by atoms with Crippen LogP contribution in [0.2, 0.25) is 0 Å². The number of hydrogen-bond donors (Lipinski definition) is 0. The van der Waals surface area contributed by atoms with Gasteiger partial charge in [0.05, 0.1) is 12.1 Å². The molecule has 0 radical (unpaired) electrons. The number of nitrogens with zero attached hydrogens (tertiary/aromatic N) is 3. The van der Waals surface area contributed by atoms with Crippen molar-refractivity contribution in [3.05, 3.63) is 94.5 Å². The fourth-order valence-electron chi connectivity index (χ4n) is 5.10. The van der Waals surface area contributed by atoms with Crippen LogP contribution in [0.1, 0.15) is 65.2 Å². The van der Waals surface area contributed by atoms with Crippen molar-refractivity contribution < 1.29 is 14.4 Å². The Morgan fingerprint density at radius 3 is 2.19 bits per heavy atom. The third-order valence-electron chi connectivity index (χ3n) is 6.74. The van der Waals surface area contributed by atoms with Crippen molar-refractivity contribution in [2.75, 3.05) is 0 Å². The van der Waals surface area contributed by atoms with E-state index in [-0.39, 0.29) is 11.5 Å². The molecule has 0 saturated carbocycles. The first-order valence-electron chi connectivity index (χ1n) is 11.8. The van der Waals surface area contributed by atoms with E-state index in [1.54, 1.807) is 18.2 Å². The van der Waals surface area contributed by atoms with Crippen molar-refractivity contribution in [2.45, 2.75) is 44.9 Å². The van der Waals surface area contributed by atoms with Gasteiger partial charge >= 0.3 is 5.97 Å². The summed E-state index contributed by atoms with van der Waals surface area (Å²) < 4.78 is 0. The van der Waals surface area contributed by atoms with E-state index in [9.17, 15) is 20.1 Å². The van der Waals surface area contributed by atoms with Crippen molar-refractivity contribution in [2.24, 2.45) is 5.16 Å². The van der Waals surface area contributed by atoms with Crippen LogP contribution < -0.4 is 0 Å². The Labute approximate surface area is 210 Å². The van der Waals surface area contributed by atoms with Crippen molar-refractivity contribution in [3.63, 3.8) is 0 Å². The van der Waals surface area contributed by atoms with Gasteiger partial charge in [0, 0.05) is 36.3 Å². The first-order chi connectivity index (χ1) is 17.4. The summed E-state index contributed by atoms with van der Waals surface area (Å²) in [5.41, 5.74) is 5.33. The Morgan fingerprint density at radius 2 is 1.53 bits per heavy atom. The molecular weight excluding hydrogens is 450 g/mol. The van der Waals surface area contributed by atoms with Crippen LogP contribution in [0, 0.1) is 29.6 Å². The highest BCUT2D eigenvalue weighted by atomic mass is 16.7. The van der Waals surface area contributed by atoms with Crippen LogP contribution in [0.3, 0.4) is 0 Å². The van der Waals surface area contributed by atoms with Crippen molar-refractivity contribution in [3.8, 4) is 23.3 Å². The van der Waals surface area contributed by atoms with Gasteiger partial charge in [0.2, 0.25) is 5.78 Å². The van der Waals surface area contributed by atoms with Gasteiger partial charge < -0.3 is 4.84 Å². The molecule has 1 aliphatic rings. The van der Waals surface area contributed by atoms with Crippen molar-refractivity contribution in [1.29, 1.82) is 10.5 Å². The number of nitriles is 2. The molecule has 0 aromatic heterocycles. The number of rotatable bonds is 8. The third-order valence-corrected chi connectivity index (χ3v) is 6.74.